The van der Waals surface area contributed by atoms with Crippen LogP contribution >= 0.6 is 11.3 Å². The van der Waals surface area contributed by atoms with E-state index in [0.29, 0.717) is 12.1 Å². The first-order valence-corrected chi connectivity index (χ1v) is 6.22. The van der Waals surface area contributed by atoms with Crippen LogP contribution in [0.1, 0.15) is 20.9 Å². The highest BCUT2D eigenvalue weighted by molar-refractivity contribution is 7.15. The normalized spacial score (nSPS) is 10.1. The zero-order chi connectivity index (χ0) is 13.0. The number of anilines is 1. The van der Waals surface area contributed by atoms with Crippen molar-refractivity contribution in [2.45, 2.75) is 13.5 Å². The molecule has 94 valence electrons. The number of carbonyl (C=O) groups is 1. The molecule has 0 aliphatic rings. The molecule has 0 saturated carbocycles. The average molecular weight is 263 g/mol. The molecule has 0 atom stereocenters. The van der Waals surface area contributed by atoms with E-state index in [1.165, 1.54) is 18.4 Å². The van der Waals surface area contributed by atoms with Crippen molar-refractivity contribution in [2.24, 2.45) is 0 Å². The molecule has 18 heavy (non-hydrogen) atoms. The first-order chi connectivity index (χ1) is 8.70. The van der Waals surface area contributed by atoms with Gasteiger partial charge in [0.1, 0.15) is 5.01 Å². The van der Waals surface area contributed by atoms with Gasteiger partial charge in [0, 0.05) is 6.54 Å². The number of ether oxygens (including phenoxy) is 1. The number of aryl methyl sites for hydroxylation is 1. The monoisotopic (exact) mass is 263 g/mol. The van der Waals surface area contributed by atoms with Gasteiger partial charge in [-0.15, -0.1) is 10.2 Å². The van der Waals surface area contributed by atoms with Crippen LogP contribution in [0.4, 0.5) is 5.13 Å². The van der Waals surface area contributed by atoms with Gasteiger partial charge in [-0.3, -0.25) is 0 Å². The van der Waals surface area contributed by atoms with Gasteiger partial charge >= 0.3 is 5.97 Å². The van der Waals surface area contributed by atoms with Crippen LogP contribution in [0.25, 0.3) is 0 Å². The fourth-order valence-electron chi connectivity index (χ4n) is 1.52. The largest absolute Gasteiger partial charge is 0.465 e. The van der Waals surface area contributed by atoms with E-state index >= 15 is 0 Å². The lowest BCUT2D eigenvalue weighted by atomic mass is 10.1. The Morgan fingerprint density at radius 1 is 1.39 bits per heavy atom. The molecular weight excluding hydrogens is 250 g/mol. The van der Waals surface area contributed by atoms with Gasteiger partial charge in [-0.1, -0.05) is 29.5 Å². The minimum atomic E-state index is -0.333. The Hall–Kier alpha value is -1.95. The maximum absolute atomic E-state index is 11.6. The summed E-state index contributed by atoms with van der Waals surface area (Å²) in [6, 6.07) is 7.32. The molecule has 0 spiro atoms. The van der Waals surface area contributed by atoms with E-state index in [-0.39, 0.29) is 5.97 Å². The molecule has 2 rings (SSSR count). The molecule has 6 heteroatoms. The quantitative estimate of drug-likeness (QED) is 0.857. The first-order valence-electron chi connectivity index (χ1n) is 5.41. The molecule has 0 amide bonds. The van der Waals surface area contributed by atoms with Gasteiger partial charge in [0.25, 0.3) is 0 Å². The Balaban J connectivity index is 2.11. The third-order valence-electron chi connectivity index (χ3n) is 2.38. The predicted molar refractivity (Wildman–Crippen MR) is 69.8 cm³/mol. The van der Waals surface area contributed by atoms with Crippen LogP contribution in [-0.4, -0.2) is 23.3 Å². The summed E-state index contributed by atoms with van der Waals surface area (Å²) in [6.07, 6.45) is 0. The topological polar surface area (TPSA) is 64.1 Å². The van der Waals surface area contributed by atoms with Crippen molar-refractivity contribution in [3.8, 4) is 0 Å². The second-order valence-corrected chi connectivity index (χ2v) is 4.81. The van der Waals surface area contributed by atoms with Crippen molar-refractivity contribution in [3.63, 3.8) is 0 Å². The van der Waals surface area contributed by atoms with Crippen LogP contribution in [0.15, 0.2) is 24.3 Å². The summed E-state index contributed by atoms with van der Waals surface area (Å²) in [5.74, 6) is -0.333. The summed E-state index contributed by atoms with van der Waals surface area (Å²) in [5, 5.41) is 12.7. The van der Waals surface area contributed by atoms with Gasteiger partial charge in [0.2, 0.25) is 5.13 Å². The summed E-state index contributed by atoms with van der Waals surface area (Å²) >= 11 is 1.48. The summed E-state index contributed by atoms with van der Waals surface area (Å²) in [7, 11) is 1.38. The van der Waals surface area contributed by atoms with Gasteiger partial charge in [0.15, 0.2) is 0 Å². The highest BCUT2D eigenvalue weighted by atomic mass is 32.1. The fourth-order valence-corrected chi connectivity index (χ4v) is 2.11. The molecule has 0 bridgehead atoms. The molecule has 0 fully saturated rings. The van der Waals surface area contributed by atoms with Gasteiger partial charge in [-0.25, -0.2) is 4.79 Å². The Labute approximate surface area is 109 Å². The molecular formula is C12H13N3O2S. The highest BCUT2D eigenvalue weighted by Crippen LogP contribution is 2.16. The molecule has 0 radical (unpaired) electrons. The standard InChI is InChI=1S/C12H13N3O2S/c1-8-14-15-12(18-8)13-7-9-5-3-4-6-10(9)11(16)17-2/h3-6H,7H2,1-2H3,(H,13,15). The van der Waals surface area contributed by atoms with Crippen LogP contribution in [0, 0.1) is 6.92 Å². The fraction of sp³-hybridized carbons (Fsp3) is 0.250. The van der Waals surface area contributed by atoms with Crippen molar-refractivity contribution in [3.05, 3.63) is 40.4 Å². The maximum Gasteiger partial charge on any atom is 0.338 e. The number of benzene rings is 1. The zero-order valence-electron chi connectivity index (χ0n) is 10.1. The highest BCUT2D eigenvalue weighted by Gasteiger charge is 2.11. The van der Waals surface area contributed by atoms with Crippen molar-refractivity contribution in [2.75, 3.05) is 12.4 Å². The molecule has 1 aromatic carbocycles. The predicted octanol–water partition coefficient (Wildman–Crippen LogP) is 2.25. The lowest BCUT2D eigenvalue weighted by Crippen LogP contribution is -2.08. The van der Waals surface area contributed by atoms with E-state index in [2.05, 4.69) is 15.5 Å². The maximum atomic E-state index is 11.6. The molecule has 0 unspecified atom stereocenters. The number of hydrogen-bond acceptors (Lipinski definition) is 6. The Morgan fingerprint density at radius 3 is 2.83 bits per heavy atom. The molecule has 0 aliphatic carbocycles. The number of methoxy groups -OCH3 is 1. The van der Waals surface area contributed by atoms with Crippen LogP contribution < -0.4 is 5.32 Å². The van der Waals surface area contributed by atoms with E-state index in [0.717, 1.165) is 15.7 Å². The van der Waals surface area contributed by atoms with Crippen LogP contribution in [-0.2, 0) is 11.3 Å². The van der Waals surface area contributed by atoms with Crippen molar-refractivity contribution in [1.29, 1.82) is 0 Å². The van der Waals surface area contributed by atoms with Gasteiger partial charge in [0.05, 0.1) is 12.7 Å². The molecule has 0 aliphatic heterocycles. The minimum Gasteiger partial charge on any atom is -0.465 e. The van der Waals surface area contributed by atoms with Crippen LogP contribution in [0.5, 0.6) is 0 Å². The smallest absolute Gasteiger partial charge is 0.338 e. The molecule has 1 heterocycles. The molecule has 5 nitrogen and oxygen atoms in total. The Kier molecular flexibility index (Phi) is 3.88. The second-order valence-electron chi connectivity index (χ2n) is 3.63. The van der Waals surface area contributed by atoms with Crippen LogP contribution in [0.2, 0.25) is 0 Å². The van der Waals surface area contributed by atoms with E-state index in [1.54, 1.807) is 6.07 Å². The first kappa shape index (κ1) is 12.5. The van der Waals surface area contributed by atoms with E-state index in [4.69, 9.17) is 4.74 Å². The van der Waals surface area contributed by atoms with Crippen molar-refractivity contribution >= 4 is 22.4 Å². The number of hydrogen-bond donors (Lipinski definition) is 1. The third-order valence-corrected chi connectivity index (χ3v) is 3.18. The minimum absolute atomic E-state index is 0.333. The zero-order valence-corrected chi connectivity index (χ0v) is 11.0. The van der Waals surface area contributed by atoms with Gasteiger partial charge in [-0.2, -0.15) is 0 Å². The number of esters is 1. The number of nitrogens with zero attached hydrogens (tertiary/aromatic N) is 2. The van der Waals surface area contributed by atoms with E-state index < -0.39 is 0 Å². The van der Waals surface area contributed by atoms with Crippen molar-refractivity contribution < 1.29 is 9.53 Å². The number of rotatable bonds is 4. The lowest BCUT2D eigenvalue weighted by Gasteiger charge is -2.07. The summed E-state index contributed by atoms with van der Waals surface area (Å²) in [4.78, 5) is 11.6. The lowest BCUT2D eigenvalue weighted by molar-refractivity contribution is 0.0599. The number of carbonyl (C=O) groups excluding carboxylic acids is 1. The molecule has 0 saturated heterocycles. The van der Waals surface area contributed by atoms with E-state index in [9.17, 15) is 4.79 Å². The van der Waals surface area contributed by atoms with Crippen molar-refractivity contribution in [1.82, 2.24) is 10.2 Å². The number of nitrogens with one attached hydrogen (secondary N) is 1. The summed E-state index contributed by atoms with van der Waals surface area (Å²) in [6.45, 7) is 2.41. The summed E-state index contributed by atoms with van der Waals surface area (Å²) < 4.78 is 4.74. The molecule has 1 N–H and O–H groups in total. The number of aromatic nitrogens is 2. The van der Waals surface area contributed by atoms with Crippen LogP contribution in [0.3, 0.4) is 0 Å². The Morgan fingerprint density at radius 2 is 2.17 bits per heavy atom. The Bertz CT molecular complexity index is 554. The average Bonchev–Trinajstić information content (AvgIpc) is 2.81. The van der Waals surface area contributed by atoms with Gasteiger partial charge < -0.3 is 10.1 Å². The van der Waals surface area contributed by atoms with Gasteiger partial charge in [-0.05, 0) is 18.6 Å². The molecule has 1 aromatic heterocycles. The van der Waals surface area contributed by atoms with E-state index in [1.807, 2.05) is 25.1 Å². The summed E-state index contributed by atoms with van der Waals surface area (Å²) in [5.41, 5.74) is 1.44. The SMILES string of the molecule is COC(=O)c1ccccc1CNc1nnc(C)s1. The molecule has 2 aromatic rings. The second kappa shape index (κ2) is 5.59. The third kappa shape index (κ3) is 2.84.